The van der Waals surface area contributed by atoms with E-state index < -0.39 is 12.1 Å². The van der Waals surface area contributed by atoms with Gasteiger partial charge in [0, 0.05) is 6.42 Å². The van der Waals surface area contributed by atoms with Crippen LogP contribution in [0.3, 0.4) is 0 Å². The fourth-order valence-corrected chi connectivity index (χ4v) is 0.534. The minimum atomic E-state index is -1.28. The largest absolute Gasteiger partial charge is 0.479 e. The van der Waals surface area contributed by atoms with E-state index in [1.54, 1.807) is 0 Å². The van der Waals surface area contributed by atoms with Gasteiger partial charge >= 0.3 is 5.97 Å². The van der Waals surface area contributed by atoms with Gasteiger partial charge in [-0.2, -0.15) is 0 Å². The molecular formula is C6H12N2O3. The van der Waals surface area contributed by atoms with Gasteiger partial charge in [-0.15, -0.1) is 0 Å². The van der Waals surface area contributed by atoms with Gasteiger partial charge in [0.05, 0.1) is 0 Å². The Balaban J connectivity index is 3.66. The van der Waals surface area contributed by atoms with Crippen molar-refractivity contribution in [2.75, 3.05) is 0 Å². The molecule has 0 radical (unpaired) electrons. The maximum atomic E-state index is 10.7. The molecule has 0 heterocycles. The minimum absolute atomic E-state index is 0.307. The van der Waals surface area contributed by atoms with Gasteiger partial charge < -0.3 is 16.2 Å². The fraction of sp³-hybridized carbons (Fsp3) is 0.667. The van der Waals surface area contributed by atoms with E-state index in [0.29, 0.717) is 12.8 Å². The quantitative estimate of drug-likeness (QED) is 0.473. The first-order valence-corrected chi connectivity index (χ1v) is 3.35. The number of carboxylic acids is 1. The number of nitrogens with one attached hydrogen (secondary N) is 1. The van der Waals surface area contributed by atoms with Gasteiger partial charge in [-0.3, -0.25) is 4.79 Å². The van der Waals surface area contributed by atoms with E-state index in [-0.39, 0.29) is 5.91 Å². The molecule has 0 aliphatic heterocycles. The van der Waals surface area contributed by atoms with Crippen LogP contribution in [0.15, 0.2) is 0 Å². The standard InChI is InChI=1S/C6H12N2O3/c1-2-3-4(9)8-5(7)6(10)11/h5H,2-3,7H2,1H3,(H,8,9)(H,10,11)/t5-/m1/s1. The Morgan fingerprint density at radius 1 is 1.64 bits per heavy atom. The Labute approximate surface area is 64.6 Å². The van der Waals surface area contributed by atoms with Crippen LogP contribution in [0.5, 0.6) is 0 Å². The van der Waals surface area contributed by atoms with Crippen molar-refractivity contribution in [3.63, 3.8) is 0 Å². The van der Waals surface area contributed by atoms with Crippen LogP contribution in [-0.2, 0) is 9.59 Å². The third-order valence-electron chi connectivity index (χ3n) is 1.06. The lowest BCUT2D eigenvalue weighted by Crippen LogP contribution is -2.47. The third-order valence-corrected chi connectivity index (χ3v) is 1.06. The molecule has 0 saturated heterocycles. The topological polar surface area (TPSA) is 92.4 Å². The molecule has 0 aromatic carbocycles. The number of aliphatic carboxylic acids is 1. The summed E-state index contributed by atoms with van der Waals surface area (Å²) in [5, 5.41) is 10.4. The summed E-state index contributed by atoms with van der Waals surface area (Å²) in [6.07, 6.45) is -0.298. The van der Waals surface area contributed by atoms with Crippen LogP contribution in [0.4, 0.5) is 0 Å². The molecule has 4 N–H and O–H groups in total. The van der Waals surface area contributed by atoms with Gasteiger partial charge in [-0.1, -0.05) is 6.92 Å². The smallest absolute Gasteiger partial charge is 0.341 e. The van der Waals surface area contributed by atoms with Crippen LogP contribution < -0.4 is 11.1 Å². The van der Waals surface area contributed by atoms with Crippen molar-refractivity contribution in [3.05, 3.63) is 0 Å². The summed E-state index contributed by atoms with van der Waals surface area (Å²) in [7, 11) is 0. The van der Waals surface area contributed by atoms with E-state index in [4.69, 9.17) is 10.8 Å². The van der Waals surface area contributed by atoms with Crippen molar-refractivity contribution in [2.45, 2.75) is 25.9 Å². The lowest BCUT2D eigenvalue weighted by Gasteiger charge is -2.07. The second-order valence-electron chi connectivity index (χ2n) is 2.13. The molecule has 1 amide bonds. The van der Waals surface area contributed by atoms with Gasteiger partial charge in [0.25, 0.3) is 0 Å². The first kappa shape index (κ1) is 9.90. The van der Waals surface area contributed by atoms with Gasteiger partial charge in [-0.05, 0) is 6.42 Å². The Kier molecular flexibility index (Phi) is 4.21. The maximum absolute atomic E-state index is 10.7. The van der Waals surface area contributed by atoms with E-state index in [2.05, 4.69) is 5.32 Å². The average Bonchev–Trinajstić information content (AvgIpc) is 1.87. The molecule has 64 valence electrons. The summed E-state index contributed by atoms with van der Waals surface area (Å²) in [4.78, 5) is 20.8. The van der Waals surface area contributed by atoms with Crippen molar-refractivity contribution >= 4 is 11.9 Å². The molecule has 5 heteroatoms. The first-order valence-electron chi connectivity index (χ1n) is 3.35. The zero-order valence-electron chi connectivity index (χ0n) is 6.33. The van der Waals surface area contributed by atoms with E-state index in [1.165, 1.54) is 0 Å². The SMILES string of the molecule is CCCC(=O)N[C@@H](N)C(=O)O. The Morgan fingerprint density at radius 3 is 2.55 bits per heavy atom. The van der Waals surface area contributed by atoms with Gasteiger partial charge in [0.2, 0.25) is 5.91 Å². The molecule has 0 aromatic rings. The van der Waals surface area contributed by atoms with E-state index in [9.17, 15) is 9.59 Å². The Hall–Kier alpha value is -1.10. The number of carbonyl (C=O) groups excluding carboxylic acids is 1. The molecule has 0 aliphatic rings. The van der Waals surface area contributed by atoms with Crippen LogP contribution in [0.2, 0.25) is 0 Å². The molecule has 0 fully saturated rings. The van der Waals surface area contributed by atoms with Crippen LogP contribution >= 0.6 is 0 Å². The molecule has 0 aromatic heterocycles. The van der Waals surface area contributed by atoms with Crippen LogP contribution in [0, 0.1) is 0 Å². The summed E-state index contributed by atoms with van der Waals surface area (Å²) in [5.41, 5.74) is 5.02. The predicted octanol–water partition coefficient (Wildman–Crippen LogP) is -0.728. The number of carbonyl (C=O) groups is 2. The van der Waals surface area contributed by atoms with Crippen molar-refractivity contribution in [2.24, 2.45) is 5.73 Å². The predicted molar refractivity (Wildman–Crippen MR) is 38.7 cm³/mol. The van der Waals surface area contributed by atoms with Crippen LogP contribution in [0.1, 0.15) is 19.8 Å². The molecule has 0 aliphatic carbocycles. The molecule has 0 saturated carbocycles. The highest BCUT2D eigenvalue weighted by atomic mass is 16.4. The highest BCUT2D eigenvalue weighted by Gasteiger charge is 2.12. The molecule has 0 spiro atoms. The van der Waals surface area contributed by atoms with Gasteiger partial charge in [0.15, 0.2) is 6.17 Å². The summed E-state index contributed by atoms with van der Waals surface area (Å²) in [6, 6.07) is 0. The number of carboxylic acid groups (broad SMARTS) is 1. The highest BCUT2D eigenvalue weighted by molar-refractivity contribution is 5.82. The minimum Gasteiger partial charge on any atom is -0.479 e. The zero-order chi connectivity index (χ0) is 8.85. The molecule has 1 atom stereocenters. The maximum Gasteiger partial charge on any atom is 0.341 e. The summed E-state index contributed by atoms with van der Waals surface area (Å²) in [6.45, 7) is 1.83. The second kappa shape index (κ2) is 4.68. The van der Waals surface area contributed by atoms with E-state index in [0.717, 1.165) is 0 Å². The van der Waals surface area contributed by atoms with Crippen LogP contribution in [-0.4, -0.2) is 23.1 Å². The summed E-state index contributed by atoms with van der Waals surface area (Å²) >= 11 is 0. The molecule has 0 bridgehead atoms. The lowest BCUT2D eigenvalue weighted by molar-refractivity contribution is -0.141. The van der Waals surface area contributed by atoms with Crippen molar-refractivity contribution in [1.82, 2.24) is 5.32 Å². The van der Waals surface area contributed by atoms with Crippen LogP contribution in [0.25, 0.3) is 0 Å². The average molecular weight is 160 g/mol. The van der Waals surface area contributed by atoms with Crippen molar-refractivity contribution < 1.29 is 14.7 Å². The van der Waals surface area contributed by atoms with Gasteiger partial charge in [-0.25, -0.2) is 4.79 Å². The third kappa shape index (κ3) is 4.32. The molecule has 0 rings (SSSR count). The molecular weight excluding hydrogens is 148 g/mol. The lowest BCUT2D eigenvalue weighted by atomic mass is 10.3. The summed E-state index contributed by atoms with van der Waals surface area (Å²) < 4.78 is 0. The second-order valence-corrected chi connectivity index (χ2v) is 2.13. The first-order chi connectivity index (χ1) is 5.07. The fourth-order valence-electron chi connectivity index (χ4n) is 0.534. The van der Waals surface area contributed by atoms with Crippen molar-refractivity contribution in [1.29, 1.82) is 0 Å². The Morgan fingerprint density at radius 2 is 2.18 bits per heavy atom. The van der Waals surface area contributed by atoms with Gasteiger partial charge in [0.1, 0.15) is 0 Å². The number of amides is 1. The number of nitrogens with two attached hydrogens (primary N) is 1. The normalized spacial score (nSPS) is 12.2. The van der Waals surface area contributed by atoms with E-state index >= 15 is 0 Å². The Bertz CT molecular complexity index is 158. The molecule has 0 unspecified atom stereocenters. The molecule has 11 heavy (non-hydrogen) atoms. The molecule has 5 nitrogen and oxygen atoms in total. The van der Waals surface area contributed by atoms with Crippen molar-refractivity contribution in [3.8, 4) is 0 Å². The highest BCUT2D eigenvalue weighted by Crippen LogP contribution is 1.85. The summed E-state index contributed by atoms with van der Waals surface area (Å²) in [5.74, 6) is -1.56. The number of rotatable bonds is 4. The zero-order valence-corrected chi connectivity index (χ0v) is 6.33. The number of hydrogen-bond donors (Lipinski definition) is 3. The number of hydrogen-bond acceptors (Lipinski definition) is 3. The monoisotopic (exact) mass is 160 g/mol. The van der Waals surface area contributed by atoms with E-state index in [1.807, 2.05) is 6.92 Å².